The van der Waals surface area contributed by atoms with E-state index in [0.29, 0.717) is 6.54 Å². The Hall–Kier alpha value is -1.94. The summed E-state index contributed by atoms with van der Waals surface area (Å²) in [7, 11) is 0. The highest BCUT2D eigenvalue weighted by molar-refractivity contribution is 7.18. The number of fused-ring (bicyclic) bond motifs is 1. The van der Waals surface area contributed by atoms with Crippen LogP contribution in [0.1, 0.15) is 17.4 Å². The van der Waals surface area contributed by atoms with E-state index in [-0.39, 0.29) is 5.56 Å². The fraction of sp³-hybridized carbons (Fsp3) is 0.250. The lowest BCUT2D eigenvalue weighted by Gasteiger charge is -2.05. The summed E-state index contributed by atoms with van der Waals surface area (Å²) in [5.41, 5.74) is 1.31. The van der Waals surface area contributed by atoms with Crippen LogP contribution in [0.2, 0.25) is 0 Å². The number of aromatic nitrogens is 2. The minimum absolute atomic E-state index is 0.0712. The molecule has 0 aliphatic rings. The lowest BCUT2D eigenvalue weighted by Crippen LogP contribution is -2.20. The maximum absolute atomic E-state index is 12.4. The Labute approximate surface area is 121 Å². The van der Waals surface area contributed by atoms with Crippen molar-refractivity contribution in [1.82, 2.24) is 9.55 Å². The van der Waals surface area contributed by atoms with E-state index < -0.39 is 0 Å². The van der Waals surface area contributed by atoms with Gasteiger partial charge in [0, 0.05) is 11.4 Å². The molecule has 0 aliphatic carbocycles. The average Bonchev–Trinajstić information content (AvgIpc) is 2.92. The molecule has 0 unspecified atom stereocenters. The first-order chi connectivity index (χ1) is 9.78. The van der Waals surface area contributed by atoms with E-state index in [0.717, 1.165) is 23.1 Å². The largest absolute Gasteiger partial charge is 0.298 e. The molecule has 102 valence electrons. The van der Waals surface area contributed by atoms with Gasteiger partial charge in [0.15, 0.2) is 0 Å². The van der Waals surface area contributed by atoms with Gasteiger partial charge in [0.2, 0.25) is 0 Å². The predicted octanol–water partition coefficient (Wildman–Crippen LogP) is 3.26. The van der Waals surface area contributed by atoms with Crippen molar-refractivity contribution < 1.29 is 0 Å². The molecule has 3 aromatic rings. The molecule has 2 aromatic heterocycles. The van der Waals surface area contributed by atoms with E-state index in [1.165, 1.54) is 10.4 Å². The van der Waals surface area contributed by atoms with Crippen LogP contribution in [-0.4, -0.2) is 9.55 Å². The highest BCUT2D eigenvalue weighted by Gasteiger charge is 2.08. The number of nitrogens with zero attached hydrogens (tertiary/aromatic N) is 2. The molecular formula is C16H16N2OS. The van der Waals surface area contributed by atoms with Crippen LogP contribution < -0.4 is 5.56 Å². The summed E-state index contributed by atoms with van der Waals surface area (Å²) in [6.45, 7) is 2.77. The molecule has 3 rings (SSSR count). The van der Waals surface area contributed by atoms with Gasteiger partial charge in [0.05, 0.1) is 11.7 Å². The molecule has 3 nitrogen and oxygen atoms in total. The molecule has 0 N–H and O–H groups in total. The number of aryl methyl sites for hydroxylation is 3. The van der Waals surface area contributed by atoms with E-state index in [9.17, 15) is 4.79 Å². The third-order valence-electron chi connectivity index (χ3n) is 3.40. The lowest BCUT2D eigenvalue weighted by atomic mass is 10.1. The fourth-order valence-corrected chi connectivity index (χ4v) is 3.16. The maximum Gasteiger partial charge on any atom is 0.262 e. The monoisotopic (exact) mass is 284 g/mol. The summed E-state index contributed by atoms with van der Waals surface area (Å²) in [6, 6.07) is 12.2. The van der Waals surface area contributed by atoms with Crippen molar-refractivity contribution in [3.63, 3.8) is 0 Å². The van der Waals surface area contributed by atoms with Gasteiger partial charge in [-0.25, -0.2) is 4.98 Å². The molecule has 0 aliphatic heterocycles. The highest BCUT2D eigenvalue weighted by Crippen LogP contribution is 2.20. The Balaban J connectivity index is 1.88. The Bertz CT molecular complexity index is 774. The van der Waals surface area contributed by atoms with E-state index in [1.54, 1.807) is 22.2 Å². The van der Waals surface area contributed by atoms with E-state index in [2.05, 4.69) is 24.0 Å². The van der Waals surface area contributed by atoms with Gasteiger partial charge in [-0.3, -0.25) is 9.36 Å². The summed E-state index contributed by atoms with van der Waals surface area (Å²) in [4.78, 5) is 18.9. The average molecular weight is 284 g/mol. The van der Waals surface area contributed by atoms with Crippen LogP contribution in [0.3, 0.4) is 0 Å². The number of rotatable bonds is 4. The lowest BCUT2D eigenvalue weighted by molar-refractivity contribution is 0.663. The van der Waals surface area contributed by atoms with Crippen LogP contribution in [0, 0.1) is 0 Å². The quantitative estimate of drug-likeness (QED) is 0.737. The van der Waals surface area contributed by atoms with Gasteiger partial charge >= 0.3 is 0 Å². The number of thiophene rings is 1. The standard InChI is InChI=1S/C16H16N2OS/c1-2-13-10-14-15(20-13)17-11-18(16(14)19)9-8-12-6-4-3-5-7-12/h3-7,10-11H,2,8-9H2,1H3. The van der Waals surface area contributed by atoms with Crippen LogP contribution in [0.4, 0.5) is 0 Å². The fourth-order valence-electron chi connectivity index (χ4n) is 2.24. The van der Waals surface area contributed by atoms with Crippen LogP contribution in [0.5, 0.6) is 0 Å². The van der Waals surface area contributed by atoms with E-state index >= 15 is 0 Å². The topological polar surface area (TPSA) is 34.9 Å². The second-order valence-corrected chi connectivity index (χ2v) is 5.88. The molecule has 1 aromatic carbocycles. The molecule has 0 bridgehead atoms. The summed E-state index contributed by atoms with van der Waals surface area (Å²) in [5, 5.41) is 0.752. The van der Waals surface area contributed by atoms with Gasteiger partial charge in [0.25, 0.3) is 5.56 Å². The van der Waals surface area contributed by atoms with Gasteiger partial charge in [0.1, 0.15) is 4.83 Å². The van der Waals surface area contributed by atoms with Gasteiger partial charge < -0.3 is 0 Å². The maximum atomic E-state index is 12.4. The van der Waals surface area contributed by atoms with Crippen molar-refractivity contribution in [1.29, 1.82) is 0 Å². The van der Waals surface area contributed by atoms with Gasteiger partial charge in [-0.15, -0.1) is 11.3 Å². The summed E-state index contributed by atoms with van der Waals surface area (Å²) < 4.78 is 1.71. The molecular weight excluding hydrogens is 268 g/mol. The summed E-state index contributed by atoms with van der Waals surface area (Å²) in [5.74, 6) is 0. The molecule has 0 atom stereocenters. The van der Waals surface area contributed by atoms with Crippen LogP contribution in [0.25, 0.3) is 10.2 Å². The molecule has 2 heterocycles. The molecule has 0 radical (unpaired) electrons. The molecule has 0 amide bonds. The second kappa shape index (κ2) is 5.59. The Morgan fingerprint density at radius 1 is 1.25 bits per heavy atom. The molecule has 0 spiro atoms. The normalized spacial score (nSPS) is 11.1. The first-order valence-electron chi connectivity index (χ1n) is 6.79. The van der Waals surface area contributed by atoms with Crippen molar-refractivity contribution in [2.45, 2.75) is 26.3 Å². The molecule has 0 saturated carbocycles. The smallest absolute Gasteiger partial charge is 0.262 e. The van der Waals surface area contributed by atoms with E-state index in [1.807, 2.05) is 24.3 Å². The predicted molar refractivity (Wildman–Crippen MR) is 83.4 cm³/mol. The molecule has 0 saturated heterocycles. The zero-order chi connectivity index (χ0) is 13.9. The minimum atomic E-state index is 0.0712. The van der Waals surface area contributed by atoms with Crippen molar-refractivity contribution in [3.05, 3.63) is 63.5 Å². The number of benzene rings is 1. The first-order valence-corrected chi connectivity index (χ1v) is 7.61. The Morgan fingerprint density at radius 3 is 2.80 bits per heavy atom. The van der Waals surface area contributed by atoms with Crippen LogP contribution in [-0.2, 0) is 19.4 Å². The number of hydrogen-bond donors (Lipinski definition) is 0. The minimum Gasteiger partial charge on any atom is -0.298 e. The molecule has 0 fully saturated rings. The van der Waals surface area contributed by atoms with E-state index in [4.69, 9.17) is 0 Å². The zero-order valence-corrected chi connectivity index (χ0v) is 12.2. The van der Waals surface area contributed by atoms with Crippen molar-refractivity contribution in [2.75, 3.05) is 0 Å². The van der Waals surface area contributed by atoms with Crippen molar-refractivity contribution >= 4 is 21.6 Å². The van der Waals surface area contributed by atoms with Crippen molar-refractivity contribution in [2.24, 2.45) is 0 Å². The van der Waals surface area contributed by atoms with Crippen LogP contribution >= 0.6 is 11.3 Å². The Kier molecular flexibility index (Phi) is 3.65. The zero-order valence-electron chi connectivity index (χ0n) is 11.4. The first kappa shape index (κ1) is 13.1. The SMILES string of the molecule is CCc1cc2c(=O)n(CCc3ccccc3)cnc2s1. The molecule has 4 heteroatoms. The second-order valence-electron chi connectivity index (χ2n) is 4.76. The molecule has 20 heavy (non-hydrogen) atoms. The van der Waals surface area contributed by atoms with Gasteiger partial charge in [-0.05, 0) is 24.5 Å². The number of hydrogen-bond acceptors (Lipinski definition) is 3. The summed E-state index contributed by atoms with van der Waals surface area (Å²) in [6.07, 6.45) is 3.47. The third-order valence-corrected chi connectivity index (χ3v) is 4.59. The van der Waals surface area contributed by atoms with Gasteiger partial charge in [-0.2, -0.15) is 0 Å². The summed E-state index contributed by atoms with van der Waals surface area (Å²) >= 11 is 1.61. The highest BCUT2D eigenvalue weighted by atomic mass is 32.1. The van der Waals surface area contributed by atoms with Crippen LogP contribution in [0.15, 0.2) is 47.5 Å². The van der Waals surface area contributed by atoms with Crippen molar-refractivity contribution in [3.8, 4) is 0 Å². The Morgan fingerprint density at radius 2 is 2.05 bits per heavy atom. The third kappa shape index (κ3) is 2.51. The van der Waals surface area contributed by atoms with Gasteiger partial charge in [-0.1, -0.05) is 37.3 Å².